The summed E-state index contributed by atoms with van der Waals surface area (Å²) in [5, 5.41) is 0. The molecule has 0 radical (unpaired) electrons. The molecule has 1 fully saturated rings. The molecule has 2 aliphatic rings. The second-order valence-electron chi connectivity index (χ2n) is 6.94. The van der Waals surface area contributed by atoms with Crippen molar-refractivity contribution >= 4 is 5.91 Å². The van der Waals surface area contributed by atoms with Gasteiger partial charge in [0.1, 0.15) is 11.3 Å². The molecule has 1 aliphatic heterocycles. The lowest BCUT2D eigenvalue weighted by Gasteiger charge is -2.39. The number of carbonyl (C=O) groups is 1. The Morgan fingerprint density at radius 3 is 2.65 bits per heavy atom. The van der Waals surface area contributed by atoms with Crippen molar-refractivity contribution in [3.63, 3.8) is 0 Å². The molecule has 3 rings (SSSR count). The molecule has 23 heavy (non-hydrogen) atoms. The van der Waals surface area contributed by atoms with Crippen LogP contribution in [0.1, 0.15) is 30.4 Å². The SMILES string of the molecule is COc1cccc2c1CCC2(N)C(=O)N1CCC(N(C)C)CC1. The molecule has 1 amide bonds. The smallest absolute Gasteiger partial charge is 0.247 e. The molecule has 0 aromatic heterocycles. The summed E-state index contributed by atoms with van der Waals surface area (Å²) in [4.78, 5) is 17.3. The minimum absolute atomic E-state index is 0.0710. The second-order valence-corrected chi connectivity index (χ2v) is 6.94. The van der Waals surface area contributed by atoms with Crippen molar-refractivity contribution in [3.8, 4) is 5.75 Å². The fraction of sp³-hybridized carbons (Fsp3) is 0.611. The van der Waals surface area contributed by atoms with Crippen molar-refractivity contribution in [2.24, 2.45) is 5.73 Å². The first kappa shape index (κ1) is 16.3. The minimum atomic E-state index is -0.894. The highest BCUT2D eigenvalue weighted by Gasteiger charge is 2.45. The van der Waals surface area contributed by atoms with Crippen molar-refractivity contribution in [1.29, 1.82) is 0 Å². The molecule has 1 atom stereocenters. The van der Waals surface area contributed by atoms with Crippen molar-refractivity contribution in [3.05, 3.63) is 29.3 Å². The molecule has 1 aromatic carbocycles. The molecule has 5 nitrogen and oxygen atoms in total. The van der Waals surface area contributed by atoms with Gasteiger partial charge in [-0.15, -0.1) is 0 Å². The summed E-state index contributed by atoms with van der Waals surface area (Å²) < 4.78 is 5.43. The average molecular weight is 317 g/mol. The predicted octanol–water partition coefficient (Wildman–Crippen LogP) is 1.35. The van der Waals surface area contributed by atoms with E-state index in [1.807, 2.05) is 23.1 Å². The number of carbonyl (C=O) groups excluding carboxylic acids is 1. The molecule has 0 bridgehead atoms. The van der Waals surface area contributed by atoms with E-state index in [-0.39, 0.29) is 5.91 Å². The van der Waals surface area contributed by atoms with E-state index in [1.54, 1.807) is 7.11 Å². The van der Waals surface area contributed by atoms with E-state index in [9.17, 15) is 4.79 Å². The van der Waals surface area contributed by atoms with Gasteiger partial charge in [-0.1, -0.05) is 12.1 Å². The number of fused-ring (bicyclic) bond motifs is 1. The Hall–Kier alpha value is -1.59. The zero-order valence-electron chi connectivity index (χ0n) is 14.3. The number of methoxy groups -OCH3 is 1. The average Bonchev–Trinajstić information content (AvgIpc) is 2.93. The van der Waals surface area contributed by atoms with E-state index in [0.717, 1.165) is 49.2 Å². The summed E-state index contributed by atoms with van der Waals surface area (Å²) >= 11 is 0. The number of piperidine rings is 1. The van der Waals surface area contributed by atoms with Crippen LogP contribution in [0.4, 0.5) is 0 Å². The Bertz CT molecular complexity index is 594. The van der Waals surface area contributed by atoms with Crippen molar-refractivity contribution in [2.75, 3.05) is 34.3 Å². The van der Waals surface area contributed by atoms with Crippen molar-refractivity contribution in [1.82, 2.24) is 9.80 Å². The van der Waals surface area contributed by atoms with Crippen LogP contribution in [0.15, 0.2) is 18.2 Å². The van der Waals surface area contributed by atoms with Crippen LogP contribution in [-0.4, -0.2) is 56.0 Å². The second kappa shape index (κ2) is 6.13. The quantitative estimate of drug-likeness (QED) is 0.914. The maximum Gasteiger partial charge on any atom is 0.247 e. The topological polar surface area (TPSA) is 58.8 Å². The fourth-order valence-corrected chi connectivity index (χ4v) is 3.98. The van der Waals surface area contributed by atoms with E-state index >= 15 is 0 Å². The van der Waals surface area contributed by atoms with Crippen molar-refractivity contribution < 1.29 is 9.53 Å². The molecule has 1 saturated heterocycles. The monoisotopic (exact) mass is 317 g/mol. The third-order valence-electron chi connectivity index (χ3n) is 5.47. The van der Waals surface area contributed by atoms with E-state index in [0.29, 0.717) is 12.5 Å². The van der Waals surface area contributed by atoms with E-state index in [2.05, 4.69) is 19.0 Å². The van der Waals surface area contributed by atoms with Crippen LogP contribution in [0.3, 0.4) is 0 Å². The molecule has 0 spiro atoms. The van der Waals surface area contributed by atoms with Gasteiger partial charge in [-0.2, -0.15) is 0 Å². The third-order valence-corrected chi connectivity index (χ3v) is 5.47. The first-order valence-corrected chi connectivity index (χ1v) is 8.38. The highest BCUT2D eigenvalue weighted by atomic mass is 16.5. The van der Waals surface area contributed by atoms with Crippen LogP contribution in [0, 0.1) is 0 Å². The first-order valence-electron chi connectivity index (χ1n) is 8.38. The van der Waals surface area contributed by atoms with Gasteiger partial charge in [-0.05, 0) is 57.0 Å². The summed E-state index contributed by atoms with van der Waals surface area (Å²) in [6.45, 7) is 1.58. The Labute approximate surface area is 138 Å². The van der Waals surface area contributed by atoms with Gasteiger partial charge >= 0.3 is 0 Å². The van der Waals surface area contributed by atoms with Crippen LogP contribution in [0.5, 0.6) is 5.75 Å². The maximum absolute atomic E-state index is 13.1. The van der Waals surface area contributed by atoms with Gasteiger partial charge in [0.15, 0.2) is 0 Å². The number of likely N-dealkylation sites (tertiary alicyclic amines) is 1. The number of nitrogens with two attached hydrogens (primary N) is 1. The summed E-state index contributed by atoms with van der Waals surface area (Å²) in [6.07, 6.45) is 3.49. The van der Waals surface area contributed by atoms with Crippen LogP contribution >= 0.6 is 0 Å². The maximum atomic E-state index is 13.1. The summed E-state index contributed by atoms with van der Waals surface area (Å²) in [7, 11) is 5.87. The van der Waals surface area contributed by atoms with Gasteiger partial charge in [-0.25, -0.2) is 0 Å². The first-order chi connectivity index (χ1) is 11.0. The summed E-state index contributed by atoms with van der Waals surface area (Å²) in [5.41, 5.74) is 7.74. The molecule has 1 heterocycles. The zero-order chi connectivity index (χ0) is 16.6. The summed E-state index contributed by atoms with van der Waals surface area (Å²) in [5.74, 6) is 0.913. The number of nitrogens with zero attached hydrogens (tertiary/aromatic N) is 2. The van der Waals surface area contributed by atoms with Gasteiger partial charge in [0, 0.05) is 19.1 Å². The molecule has 1 aliphatic carbocycles. The standard InChI is InChI=1S/C18H27N3O2/c1-20(2)13-8-11-21(12-9-13)17(22)18(19)10-7-14-15(18)5-4-6-16(14)23-3/h4-6,13H,7-12,19H2,1-3H3. The molecule has 0 saturated carbocycles. The van der Waals surface area contributed by atoms with Crippen LogP contribution in [0.2, 0.25) is 0 Å². The lowest BCUT2D eigenvalue weighted by molar-refractivity contribution is -0.138. The molecule has 2 N–H and O–H groups in total. The lowest BCUT2D eigenvalue weighted by Crippen LogP contribution is -2.55. The predicted molar refractivity (Wildman–Crippen MR) is 90.5 cm³/mol. The molecule has 1 aromatic rings. The van der Waals surface area contributed by atoms with Crippen molar-refractivity contribution in [2.45, 2.75) is 37.3 Å². The normalized spacial score (nSPS) is 24.8. The minimum Gasteiger partial charge on any atom is -0.496 e. The molecule has 1 unspecified atom stereocenters. The Morgan fingerprint density at radius 1 is 1.35 bits per heavy atom. The Morgan fingerprint density at radius 2 is 2.04 bits per heavy atom. The van der Waals surface area contributed by atoms with E-state index < -0.39 is 5.54 Å². The zero-order valence-corrected chi connectivity index (χ0v) is 14.3. The number of rotatable bonds is 3. The van der Waals surface area contributed by atoms with E-state index in [4.69, 9.17) is 10.5 Å². The largest absolute Gasteiger partial charge is 0.496 e. The van der Waals surface area contributed by atoms with Gasteiger partial charge in [0.2, 0.25) is 5.91 Å². The molecule has 5 heteroatoms. The highest BCUT2D eigenvalue weighted by molar-refractivity contribution is 5.89. The number of hydrogen-bond donors (Lipinski definition) is 1. The number of hydrogen-bond acceptors (Lipinski definition) is 4. The van der Waals surface area contributed by atoms with Gasteiger partial charge in [-0.3, -0.25) is 4.79 Å². The van der Waals surface area contributed by atoms with Crippen LogP contribution in [-0.2, 0) is 16.8 Å². The highest BCUT2D eigenvalue weighted by Crippen LogP contribution is 2.41. The van der Waals surface area contributed by atoms with Gasteiger partial charge in [0.25, 0.3) is 0 Å². The fourth-order valence-electron chi connectivity index (χ4n) is 3.98. The van der Waals surface area contributed by atoms with Crippen LogP contribution in [0.25, 0.3) is 0 Å². The van der Waals surface area contributed by atoms with Gasteiger partial charge in [0.05, 0.1) is 7.11 Å². The molecule has 126 valence electrons. The van der Waals surface area contributed by atoms with Gasteiger partial charge < -0.3 is 20.3 Å². The number of benzene rings is 1. The Balaban J connectivity index is 1.80. The Kier molecular flexibility index (Phi) is 4.34. The lowest BCUT2D eigenvalue weighted by atomic mass is 9.90. The summed E-state index contributed by atoms with van der Waals surface area (Å²) in [6, 6.07) is 6.41. The molecular weight excluding hydrogens is 290 g/mol. The number of amides is 1. The van der Waals surface area contributed by atoms with Crippen LogP contribution < -0.4 is 10.5 Å². The number of ether oxygens (including phenoxy) is 1. The van der Waals surface area contributed by atoms with E-state index in [1.165, 1.54) is 0 Å². The molecular formula is C18H27N3O2. The third kappa shape index (κ3) is 2.72.